The third-order valence-electron chi connectivity index (χ3n) is 3.99. The highest BCUT2D eigenvalue weighted by Crippen LogP contribution is 2.24. The molecule has 2 heterocycles. The minimum atomic E-state index is -3.48. The number of benzene rings is 1. The van der Waals surface area contributed by atoms with Crippen molar-refractivity contribution in [2.45, 2.75) is 11.8 Å². The molecule has 0 radical (unpaired) electrons. The average Bonchev–Trinajstić information content (AvgIpc) is 2.54. The molecule has 6 heteroatoms. The first-order valence-corrected chi connectivity index (χ1v) is 8.63. The van der Waals surface area contributed by atoms with Gasteiger partial charge in [0, 0.05) is 37.8 Å². The fourth-order valence-electron chi connectivity index (χ4n) is 2.71. The molecule has 1 aliphatic rings. The Morgan fingerprint density at radius 2 is 1.81 bits per heavy atom. The fourth-order valence-corrected chi connectivity index (χ4v) is 4.30. The molecule has 1 aromatic heterocycles. The number of rotatable bonds is 3. The number of para-hydroxylation sites is 1. The Morgan fingerprint density at radius 3 is 2.52 bits per heavy atom. The molecule has 0 bridgehead atoms. The predicted octanol–water partition coefficient (Wildman–Crippen LogP) is 1.56. The molecule has 3 rings (SSSR count). The molecule has 21 heavy (non-hydrogen) atoms. The summed E-state index contributed by atoms with van der Waals surface area (Å²) in [5.74, 6) is 0. The van der Waals surface area contributed by atoms with Crippen LogP contribution in [-0.4, -0.2) is 55.3 Å². The SMILES string of the molecule is CCN1CCN(S(=O)(=O)c2cccc3cccnc23)CC1. The monoisotopic (exact) mass is 305 g/mol. The predicted molar refractivity (Wildman–Crippen MR) is 82.6 cm³/mol. The highest BCUT2D eigenvalue weighted by atomic mass is 32.2. The average molecular weight is 305 g/mol. The van der Waals surface area contributed by atoms with Crippen LogP contribution in [0.3, 0.4) is 0 Å². The molecule has 1 aromatic carbocycles. The molecular weight excluding hydrogens is 286 g/mol. The van der Waals surface area contributed by atoms with Crippen LogP contribution in [0.25, 0.3) is 10.9 Å². The van der Waals surface area contributed by atoms with Crippen molar-refractivity contribution in [2.75, 3.05) is 32.7 Å². The van der Waals surface area contributed by atoms with Gasteiger partial charge in [-0.2, -0.15) is 4.31 Å². The summed E-state index contributed by atoms with van der Waals surface area (Å²) in [6, 6.07) is 9.02. The molecular formula is C15H19N3O2S. The summed E-state index contributed by atoms with van der Waals surface area (Å²) < 4.78 is 27.3. The lowest BCUT2D eigenvalue weighted by Gasteiger charge is -2.33. The van der Waals surface area contributed by atoms with E-state index in [1.54, 1.807) is 22.6 Å². The minimum absolute atomic E-state index is 0.311. The summed E-state index contributed by atoms with van der Waals surface area (Å²) in [6.07, 6.45) is 1.64. The van der Waals surface area contributed by atoms with E-state index in [1.807, 2.05) is 18.2 Å². The van der Waals surface area contributed by atoms with Gasteiger partial charge in [-0.1, -0.05) is 25.1 Å². The van der Waals surface area contributed by atoms with Crippen LogP contribution in [-0.2, 0) is 10.0 Å². The number of fused-ring (bicyclic) bond motifs is 1. The fraction of sp³-hybridized carbons (Fsp3) is 0.400. The molecule has 0 aliphatic carbocycles. The summed E-state index contributed by atoms with van der Waals surface area (Å²) in [6.45, 7) is 5.71. The Hall–Kier alpha value is -1.50. The lowest BCUT2D eigenvalue weighted by Crippen LogP contribution is -2.48. The molecule has 1 saturated heterocycles. The molecule has 2 aromatic rings. The standard InChI is InChI=1S/C15H19N3O2S/c1-2-17-9-11-18(12-10-17)21(19,20)14-7-3-5-13-6-4-8-16-15(13)14/h3-8H,2,9-12H2,1H3. The van der Waals surface area contributed by atoms with E-state index in [1.165, 1.54) is 0 Å². The van der Waals surface area contributed by atoms with Crippen LogP contribution in [0.2, 0.25) is 0 Å². The number of aromatic nitrogens is 1. The van der Waals surface area contributed by atoms with Crippen LogP contribution in [0.4, 0.5) is 0 Å². The second-order valence-corrected chi connectivity index (χ2v) is 7.08. The molecule has 0 saturated carbocycles. The van der Waals surface area contributed by atoms with Crippen LogP contribution in [0.15, 0.2) is 41.4 Å². The first-order chi connectivity index (χ1) is 10.1. The summed E-state index contributed by atoms with van der Waals surface area (Å²) in [7, 11) is -3.48. The second kappa shape index (κ2) is 5.71. The van der Waals surface area contributed by atoms with E-state index < -0.39 is 10.0 Å². The maximum absolute atomic E-state index is 12.9. The lowest BCUT2D eigenvalue weighted by molar-refractivity contribution is 0.196. The van der Waals surface area contributed by atoms with Gasteiger partial charge in [-0.25, -0.2) is 8.42 Å². The van der Waals surface area contributed by atoms with Gasteiger partial charge in [0.05, 0.1) is 5.52 Å². The van der Waals surface area contributed by atoms with Crippen LogP contribution in [0, 0.1) is 0 Å². The maximum Gasteiger partial charge on any atom is 0.245 e. The van der Waals surface area contributed by atoms with Crippen LogP contribution in [0.5, 0.6) is 0 Å². The molecule has 5 nitrogen and oxygen atoms in total. The smallest absolute Gasteiger partial charge is 0.245 e. The molecule has 1 fully saturated rings. The van der Waals surface area contributed by atoms with E-state index in [9.17, 15) is 8.42 Å². The zero-order valence-electron chi connectivity index (χ0n) is 12.1. The maximum atomic E-state index is 12.9. The number of sulfonamides is 1. The van der Waals surface area contributed by atoms with Gasteiger partial charge in [0.2, 0.25) is 10.0 Å². The Kier molecular flexibility index (Phi) is 3.93. The Morgan fingerprint density at radius 1 is 1.10 bits per heavy atom. The van der Waals surface area contributed by atoms with Crippen molar-refractivity contribution < 1.29 is 8.42 Å². The highest BCUT2D eigenvalue weighted by Gasteiger charge is 2.29. The molecule has 1 aliphatic heterocycles. The summed E-state index contributed by atoms with van der Waals surface area (Å²) in [5, 5.41) is 0.853. The third-order valence-corrected chi connectivity index (χ3v) is 5.92. The van der Waals surface area contributed by atoms with Crippen molar-refractivity contribution >= 4 is 20.9 Å². The number of hydrogen-bond acceptors (Lipinski definition) is 4. The van der Waals surface area contributed by atoms with E-state index in [0.29, 0.717) is 23.5 Å². The summed E-state index contributed by atoms with van der Waals surface area (Å²) in [4.78, 5) is 6.83. The van der Waals surface area contributed by atoms with Crippen molar-refractivity contribution in [1.29, 1.82) is 0 Å². The van der Waals surface area contributed by atoms with Crippen molar-refractivity contribution in [3.8, 4) is 0 Å². The molecule has 0 atom stereocenters. The van der Waals surface area contributed by atoms with Gasteiger partial charge in [0.25, 0.3) is 0 Å². The van der Waals surface area contributed by atoms with Gasteiger partial charge in [-0.05, 0) is 18.7 Å². The van der Waals surface area contributed by atoms with Gasteiger partial charge in [-0.15, -0.1) is 0 Å². The molecule has 112 valence electrons. The summed E-state index contributed by atoms with van der Waals surface area (Å²) in [5.41, 5.74) is 0.554. The minimum Gasteiger partial charge on any atom is -0.301 e. The van der Waals surface area contributed by atoms with E-state index in [-0.39, 0.29) is 0 Å². The van der Waals surface area contributed by atoms with E-state index in [0.717, 1.165) is 25.0 Å². The largest absolute Gasteiger partial charge is 0.301 e. The van der Waals surface area contributed by atoms with Crippen molar-refractivity contribution in [1.82, 2.24) is 14.2 Å². The number of pyridine rings is 1. The first kappa shape index (κ1) is 14.4. The quantitative estimate of drug-likeness (QED) is 0.863. The van der Waals surface area contributed by atoms with Gasteiger partial charge >= 0.3 is 0 Å². The van der Waals surface area contributed by atoms with Crippen molar-refractivity contribution in [2.24, 2.45) is 0 Å². The zero-order chi connectivity index (χ0) is 14.9. The van der Waals surface area contributed by atoms with Crippen molar-refractivity contribution in [3.05, 3.63) is 36.5 Å². The first-order valence-electron chi connectivity index (χ1n) is 7.19. The zero-order valence-corrected chi connectivity index (χ0v) is 12.9. The Bertz CT molecular complexity index is 732. The van der Waals surface area contributed by atoms with Crippen LogP contribution < -0.4 is 0 Å². The normalized spacial score (nSPS) is 18.1. The molecule has 0 N–H and O–H groups in total. The van der Waals surface area contributed by atoms with Crippen molar-refractivity contribution in [3.63, 3.8) is 0 Å². The second-order valence-electron chi connectivity index (χ2n) is 5.17. The molecule has 0 amide bonds. The number of piperazine rings is 1. The summed E-state index contributed by atoms with van der Waals surface area (Å²) >= 11 is 0. The van der Waals surface area contributed by atoms with Crippen LogP contribution >= 0.6 is 0 Å². The highest BCUT2D eigenvalue weighted by molar-refractivity contribution is 7.89. The van der Waals surface area contributed by atoms with Gasteiger partial charge in [0.1, 0.15) is 4.90 Å². The van der Waals surface area contributed by atoms with Gasteiger partial charge < -0.3 is 4.90 Å². The Balaban J connectivity index is 1.98. The number of likely N-dealkylation sites (N-methyl/N-ethyl adjacent to an activating group) is 1. The third kappa shape index (κ3) is 2.66. The lowest BCUT2D eigenvalue weighted by atomic mass is 10.2. The molecule has 0 spiro atoms. The molecule has 0 unspecified atom stereocenters. The topological polar surface area (TPSA) is 53.5 Å². The van der Waals surface area contributed by atoms with Gasteiger partial charge in [0.15, 0.2) is 0 Å². The van der Waals surface area contributed by atoms with E-state index >= 15 is 0 Å². The van der Waals surface area contributed by atoms with E-state index in [2.05, 4.69) is 16.8 Å². The number of hydrogen-bond donors (Lipinski definition) is 0. The van der Waals surface area contributed by atoms with Crippen LogP contribution in [0.1, 0.15) is 6.92 Å². The van der Waals surface area contributed by atoms with E-state index in [4.69, 9.17) is 0 Å². The number of nitrogens with zero attached hydrogens (tertiary/aromatic N) is 3. The Labute approximate surface area is 125 Å². The van der Waals surface area contributed by atoms with Gasteiger partial charge in [-0.3, -0.25) is 4.98 Å².